The summed E-state index contributed by atoms with van der Waals surface area (Å²) in [6.07, 6.45) is 7.37. The van der Waals surface area contributed by atoms with Crippen molar-refractivity contribution in [1.82, 2.24) is 0 Å². The molecule has 0 spiro atoms. The zero-order valence-corrected chi connectivity index (χ0v) is 14.1. The molecule has 0 bridgehead atoms. The van der Waals surface area contributed by atoms with Crippen LogP contribution < -0.4 is 4.74 Å². The molecule has 1 aromatic carbocycles. The Labute approximate surface area is 129 Å². The van der Waals surface area contributed by atoms with E-state index in [1.165, 1.54) is 30.4 Å². The second kappa shape index (κ2) is 5.19. The molecule has 0 fully saturated rings. The third-order valence-corrected chi connectivity index (χ3v) is 5.86. The van der Waals surface area contributed by atoms with Crippen molar-refractivity contribution in [3.8, 4) is 5.75 Å². The van der Waals surface area contributed by atoms with Crippen molar-refractivity contribution < 1.29 is 4.74 Å². The van der Waals surface area contributed by atoms with E-state index in [1.54, 1.807) is 11.1 Å². The maximum atomic E-state index is 5.84. The largest absolute Gasteiger partial charge is 0.496 e. The summed E-state index contributed by atoms with van der Waals surface area (Å²) in [4.78, 5) is 0. The molecular weight excluding hydrogens is 256 g/mol. The summed E-state index contributed by atoms with van der Waals surface area (Å²) in [6.45, 7) is 9.31. The average molecular weight is 284 g/mol. The number of hydrogen-bond acceptors (Lipinski definition) is 1. The summed E-state index contributed by atoms with van der Waals surface area (Å²) in [7, 11) is 1.84. The Morgan fingerprint density at radius 1 is 1.29 bits per heavy atom. The summed E-state index contributed by atoms with van der Waals surface area (Å²) in [5.74, 6) is 2.39. The average Bonchev–Trinajstić information content (AvgIpc) is 2.45. The molecule has 1 heteroatoms. The molecule has 1 nitrogen and oxygen atoms in total. The fraction of sp³-hybridized carbons (Fsp3) is 0.600. The Balaban J connectivity index is 2.17. The van der Waals surface area contributed by atoms with E-state index in [2.05, 4.69) is 45.9 Å². The second-order valence-electron chi connectivity index (χ2n) is 7.36. The quantitative estimate of drug-likeness (QED) is 0.663. The third-order valence-electron chi connectivity index (χ3n) is 5.86. The molecule has 0 heterocycles. The Morgan fingerprint density at radius 2 is 2.05 bits per heavy atom. The van der Waals surface area contributed by atoms with Gasteiger partial charge >= 0.3 is 0 Å². The van der Waals surface area contributed by atoms with Gasteiger partial charge in [0.15, 0.2) is 0 Å². The highest BCUT2D eigenvalue weighted by Crippen LogP contribution is 2.52. The lowest BCUT2D eigenvalue weighted by Gasteiger charge is -2.47. The number of benzene rings is 1. The van der Waals surface area contributed by atoms with Crippen LogP contribution in [0.25, 0.3) is 0 Å². The Kier molecular flexibility index (Phi) is 3.63. The number of ether oxygens (including phenoxy) is 1. The van der Waals surface area contributed by atoms with Crippen molar-refractivity contribution in [2.45, 2.75) is 64.7 Å². The Hall–Kier alpha value is -1.24. The van der Waals surface area contributed by atoms with Crippen molar-refractivity contribution in [1.29, 1.82) is 0 Å². The summed E-state index contributed by atoms with van der Waals surface area (Å²) >= 11 is 0. The third kappa shape index (κ3) is 2.13. The molecule has 0 saturated heterocycles. The van der Waals surface area contributed by atoms with Crippen LogP contribution in [0, 0.1) is 5.92 Å². The van der Waals surface area contributed by atoms with Gasteiger partial charge < -0.3 is 4.74 Å². The van der Waals surface area contributed by atoms with Crippen LogP contribution >= 0.6 is 0 Å². The molecule has 0 saturated carbocycles. The molecule has 3 rings (SSSR count). The van der Waals surface area contributed by atoms with E-state index >= 15 is 0 Å². The van der Waals surface area contributed by atoms with Gasteiger partial charge in [0.05, 0.1) is 7.11 Å². The van der Waals surface area contributed by atoms with Crippen molar-refractivity contribution in [2.24, 2.45) is 5.92 Å². The first-order valence-corrected chi connectivity index (χ1v) is 8.36. The van der Waals surface area contributed by atoms with Gasteiger partial charge in [-0.05, 0) is 66.5 Å². The molecule has 0 aromatic heterocycles. The van der Waals surface area contributed by atoms with Crippen LogP contribution in [-0.2, 0) is 11.8 Å². The molecule has 0 aliphatic heterocycles. The van der Waals surface area contributed by atoms with Crippen LogP contribution in [0.1, 0.15) is 69.6 Å². The lowest BCUT2D eigenvalue weighted by Crippen LogP contribution is -2.39. The van der Waals surface area contributed by atoms with Crippen molar-refractivity contribution in [3.63, 3.8) is 0 Å². The summed E-state index contributed by atoms with van der Waals surface area (Å²) in [5, 5.41) is 0. The zero-order valence-electron chi connectivity index (χ0n) is 14.1. The van der Waals surface area contributed by atoms with E-state index < -0.39 is 0 Å². The molecule has 2 aliphatic rings. The van der Waals surface area contributed by atoms with Crippen molar-refractivity contribution >= 4 is 0 Å². The summed E-state index contributed by atoms with van der Waals surface area (Å²) < 4.78 is 5.84. The monoisotopic (exact) mass is 284 g/mol. The van der Waals surface area contributed by atoms with Gasteiger partial charge in [0.1, 0.15) is 5.75 Å². The van der Waals surface area contributed by atoms with Crippen LogP contribution in [-0.4, -0.2) is 7.11 Å². The Bertz CT molecular complexity index is 582. The second-order valence-corrected chi connectivity index (χ2v) is 7.36. The molecule has 114 valence electrons. The predicted octanol–water partition coefficient (Wildman–Crippen LogP) is 5.38. The SMILES string of the molecule is COc1c(C(C)C)ccc2c1CCC1C(C)=CCC[C@@]21C. The highest BCUT2D eigenvalue weighted by molar-refractivity contribution is 5.53. The minimum Gasteiger partial charge on any atom is -0.496 e. The standard InChI is InChI=1S/C20H28O/c1-13(2)15-8-11-18-16(19(15)21-5)9-10-17-14(3)7-6-12-20(17,18)4/h7-8,11,13,17H,6,9-10,12H2,1-5H3/t17?,20-/m1/s1. The van der Waals surface area contributed by atoms with Gasteiger partial charge in [-0.25, -0.2) is 0 Å². The molecule has 21 heavy (non-hydrogen) atoms. The van der Waals surface area contributed by atoms with E-state index in [0.717, 1.165) is 12.2 Å². The van der Waals surface area contributed by atoms with Crippen molar-refractivity contribution in [3.05, 3.63) is 40.5 Å². The van der Waals surface area contributed by atoms with Crippen LogP contribution in [0.15, 0.2) is 23.8 Å². The fourth-order valence-electron chi connectivity index (χ4n) is 4.70. The lowest BCUT2D eigenvalue weighted by molar-refractivity contribution is 0.257. The van der Waals surface area contributed by atoms with Gasteiger partial charge in [0, 0.05) is 0 Å². The number of allylic oxidation sites excluding steroid dienone is 2. The number of rotatable bonds is 2. The first-order valence-electron chi connectivity index (χ1n) is 8.36. The predicted molar refractivity (Wildman–Crippen MR) is 89.2 cm³/mol. The van der Waals surface area contributed by atoms with Gasteiger partial charge in [0.25, 0.3) is 0 Å². The smallest absolute Gasteiger partial charge is 0.125 e. The first kappa shape index (κ1) is 14.7. The van der Waals surface area contributed by atoms with E-state index in [4.69, 9.17) is 4.74 Å². The molecule has 0 radical (unpaired) electrons. The maximum absolute atomic E-state index is 5.84. The van der Waals surface area contributed by atoms with Crippen molar-refractivity contribution in [2.75, 3.05) is 7.11 Å². The molecular formula is C20H28O. The highest BCUT2D eigenvalue weighted by atomic mass is 16.5. The van der Waals surface area contributed by atoms with Gasteiger partial charge in [0.2, 0.25) is 0 Å². The van der Waals surface area contributed by atoms with Crippen LogP contribution in [0.5, 0.6) is 5.75 Å². The number of methoxy groups -OCH3 is 1. The number of hydrogen-bond donors (Lipinski definition) is 0. The topological polar surface area (TPSA) is 9.23 Å². The van der Waals surface area contributed by atoms with Crippen LogP contribution in [0.4, 0.5) is 0 Å². The molecule has 0 N–H and O–H groups in total. The van der Waals surface area contributed by atoms with E-state index in [1.807, 2.05) is 7.11 Å². The van der Waals surface area contributed by atoms with Gasteiger partial charge in [-0.15, -0.1) is 0 Å². The van der Waals surface area contributed by atoms with E-state index in [0.29, 0.717) is 17.3 Å². The van der Waals surface area contributed by atoms with Gasteiger partial charge in [-0.3, -0.25) is 0 Å². The molecule has 2 atom stereocenters. The molecule has 1 unspecified atom stereocenters. The summed E-state index contributed by atoms with van der Waals surface area (Å²) in [6, 6.07) is 4.71. The van der Waals surface area contributed by atoms with Gasteiger partial charge in [-0.2, -0.15) is 0 Å². The minimum absolute atomic E-state index is 0.301. The van der Waals surface area contributed by atoms with Gasteiger partial charge in [-0.1, -0.05) is 44.6 Å². The summed E-state index contributed by atoms with van der Waals surface area (Å²) in [5.41, 5.74) is 6.29. The number of fused-ring (bicyclic) bond motifs is 3. The molecule has 2 aliphatic carbocycles. The van der Waals surface area contributed by atoms with E-state index in [9.17, 15) is 0 Å². The fourth-order valence-corrected chi connectivity index (χ4v) is 4.70. The van der Waals surface area contributed by atoms with Crippen LogP contribution in [0.2, 0.25) is 0 Å². The van der Waals surface area contributed by atoms with Crippen LogP contribution in [0.3, 0.4) is 0 Å². The lowest BCUT2D eigenvalue weighted by atomic mass is 9.58. The Morgan fingerprint density at radius 3 is 2.71 bits per heavy atom. The highest BCUT2D eigenvalue weighted by Gasteiger charge is 2.43. The normalized spacial score (nSPS) is 27.9. The van der Waals surface area contributed by atoms with E-state index in [-0.39, 0.29) is 0 Å². The maximum Gasteiger partial charge on any atom is 0.125 e. The molecule has 1 aromatic rings. The minimum atomic E-state index is 0.301. The first-order chi connectivity index (χ1) is 9.99. The molecule has 0 amide bonds. The zero-order chi connectivity index (χ0) is 15.2.